The molecule has 2 aliphatic rings. The molecule has 1 aromatic rings. The molecular formula is C8H8N2O. The van der Waals surface area contributed by atoms with Gasteiger partial charge in [0.2, 0.25) is 0 Å². The standard InChI is InChI=1S/C8H8N2O/c1-8-4-5(8)2-3-6-7(8)10-11-9-6/h2-3,5H,4H2,1H3. The first-order valence-corrected chi connectivity index (χ1v) is 3.82. The molecule has 1 heterocycles. The lowest BCUT2D eigenvalue weighted by atomic mass is 9.96. The first-order valence-electron chi connectivity index (χ1n) is 3.82. The fourth-order valence-corrected chi connectivity index (χ4v) is 1.86. The number of nitrogens with zero attached hydrogens (tertiary/aromatic N) is 2. The summed E-state index contributed by atoms with van der Waals surface area (Å²) >= 11 is 0. The van der Waals surface area contributed by atoms with Gasteiger partial charge in [-0.3, -0.25) is 0 Å². The van der Waals surface area contributed by atoms with Gasteiger partial charge >= 0.3 is 0 Å². The van der Waals surface area contributed by atoms with Crippen molar-refractivity contribution in [3.63, 3.8) is 0 Å². The molecule has 3 rings (SSSR count). The maximum absolute atomic E-state index is 4.68. The van der Waals surface area contributed by atoms with E-state index in [-0.39, 0.29) is 5.41 Å². The maximum Gasteiger partial charge on any atom is 0.131 e. The molecule has 0 N–H and O–H groups in total. The van der Waals surface area contributed by atoms with Crippen molar-refractivity contribution in [3.8, 4) is 0 Å². The summed E-state index contributed by atoms with van der Waals surface area (Å²) in [5, 5.41) is 7.72. The van der Waals surface area contributed by atoms with Crippen LogP contribution in [0.4, 0.5) is 0 Å². The average molecular weight is 148 g/mol. The maximum atomic E-state index is 4.68. The minimum absolute atomic E-state index is 0.254. The van der Waals surface area contributed by atoms with Gasteiger partial charge in [-0.15, -0.1) is 0 Å². The molecule has 1 fully saturated rings. The van der Waals surface area contributed by atoms with E-state index in [9.17, 15) is 0 Å². The zero-order valence-electron chi connectivity index (χ0n) is 6.24. The monoisotopic (exact) mass is 148 g/mol. The third-order valence-electron chi connectivity index (χ3n) is 2.84. The summed E-state index contributed by atoms with van der Waals surface area (Å²) < 4.78 is 4.68. The molecule has 2 aliphatic carbocycles. The van der Waals surface area contributed by atoms with Gasteiger partial charge in [-0.25, -0.2) is 4.63 Å². The Bertz CT molecular complexity index is 342. The van der Waals surface area contributed by atoms with E-state index in [0.29, 0.717) is 5.92 Å². The highest BCUT2D eigenvalue weighted by Crippen LogP contribution is 2.57. The van der Waals surface area contributed by atoms with E-state index >= 15 is 0 Å². The molecule has 0 bridgehead atoms. The number of aromatic nitrogens is 2. The summed E-state index contributed by atoms with van der Waals surface area (Å²) in [5.41, 5.74) is 2.22. The smallest absolute Gasteiger partial charge is 0.131 e. The Morgan fingerprint density at radius 3 is 3.45 bits per heavy atom. The first-order chi connectivity index (χ1) is 5.31. The Morgan fingerprint density at radius 2 is 2.55 bits per heavy atom. The van der Waals surface area contributed by atoms with Crippen LogP contribution in [-0.2, 0) is 5.41 Å². The summed E-state index contributed by atoms with van der Waals surface area (Å²) in [7, 11) is 0. The van der Waals surface area contributed by atoms with Crippen LogP contribution in [0.1, 0.15) is 24.7 Å². The van der Waals surface area contributed by atoms with Crippen LogP contribution in [0.15, 0.2) is 10.7 Å². The predicted octanol–water partition coefficient (Wildman–Crippen LogP) is 1.37. The Balaban J connectivity index is 2.28. The second kappa shape index (κ2) is 1.40. The average Bonchev–Trinajstić information content (AvgIpc) is 2.45. The number of hydrogen-bond acceptors (Lipinski definition) is 3. The van der Waals surface area contributed by atoms with Crippen LogP contribution in [0, 0.1) is 5.92 Å². The van der Waals surface area contributed by atoms with E-state index < -0.39 is 0 Å². The molecule has 1 aromatic heterocycles. The largest absolute Gasteiger partial charge is 0.244 e. The molecule has 56 valence electrons. The second-order valence-electron chi connectivity index (χ2n) is 3.59. The minimum atomic E-state index is 0.254. The number of rotatable bonds is 0. The lowest BCUT2D eigenvalue weighted by Crippen LogP contribution is -2.08. The molecule has 0 aliphatic heterocycles. The molecule has 0 radical (unpaired) electrons. The van der Waals surface area contributed by atoms with E-state index in [1.54, 1.807) is 0 Å². The topological polar surface area (TPSA) is 38.9 Å². The summed E-state index contributed by atoms with van der Waals surface area (Å²) in [5.74, 6) is 0.682. The van der Waals surface area contributed by atoms with Gasteiger partial charge in [-0.05, 0) is 18.4 Å². The highest BCUT2D eigenvalue weighted by molar-refractivity contribution is 5.57. The zero-order valence-corrected chi connectivity index (χ0v) is 6.24. The lowest BCUT2D eigenvalue weighted by molar-refractivity contribution is 0.300. The summed E-state index contributed by atoms with van der Waals surface area (Å²) in [6.07, 6.45) is 5.41. The number of hydrogen-bond donors (Lipinski definition) is 0. The lowest BCUT2D eigenvalue weighted by Gasteiger charge is -2.07. The highest BCUT2D eigenvalue weighted by Gasteiger charge is 2.54. The van der Waals surface area contributed by atoms with Crippen LogP contribution in [0.2, 0.25) is 0 Å². The van der Waals surface area contributed by atoms with Crippen LogP contribution in [0.5, 0.6) is 0 Å². The summed E-state index contributed by atoms with van der Waals surface area (Å²) in [4.78, 5) is 0. The molecule has 3 nitrogen and oxygen atoms in total. The van der Waals surface area contributed by atoms with Crippen LogP contribution in [0.3, 0.4) is 0 Å². The van der Waals surface area contributed by atoms with Gasteiger partial charge < -0.3 is 0 Å². The first kappa shape index (κ1) is 5.52. The number of fused-ring (bicyclic) bond motifs is 3. The third kappa shape index (κ3) is 0.504. The van der Waals surface area contributed by atoms with Gasteiger partial charge in [0.05, 0.1) is 0 Å². The molecule has 0 amide bonds. The molecule has 2 atom stereocenters. The van der Waals surface area contributed by atoms with Crippen molar-refractivity contribution in [1.82, 2.24) is 10.3 Å². The van der Waals surface area contributed by atoms with Crippen molar-refractivity contribution in [1.29, 1.82) is 0 Å². The Hall–Kier alpha value is -1.12. The van der Waals surface area contributed by atoms with Crippen molar-refractivity contribution in [3.05, 3.63) is 17.5 Å². The van der Waals surface area contributed by atoms with Gasteiger partial charge in [0.25, 0.3) is 0 Å². The van der Waals surface area contributed by atoms with Crippen molar-refractivity contribution < 1.29 is 4.63 Å². The third-order valence-corrected chi connectivity index (χ3v) is 2.84. The minimum Gasteiger partial charge on any atom is -0.244 e. The molecule has 0 saturated heterocycles. The number of allylic oxidation sites excluding steroid dienone is 1. The van der Waals surface area contributed by atoms with Crippen LogP contribution >= 0.6 is 0 Å². The van der Waals surface area contributed by atoms with Crippen LogP contribution < -0.4 is 0 Å². The Kier molecular flexibility index (Phi) is 0.700. The fraction of sp³-hybridized carbons (Fsp3) is 0.500. The molecule has 11 heavy (non-hydrogen) atoms. The summed E-state index contributed by atoms with van der Waals surface area (Å²) in [6.45, 7) is 2.21. The van der Waals surface area contributed by atoms with Crippen LogP contribution in [-0.4, -0.2) is 10.3 Å². The molecular weight excluding hydrogens is 140 g/mol. The van der Waals surface area contributed by atoms with E-state index in [4.69, 9.17) is 0 Å². The molecule has 2 unspecified atom stereocenters. The van der Waals surface area contributed by atoms with Gasteiger partial charge in [0.15, 0.2) is 0 Å². The van der Waals surface area contributed by atoms with Gasteiger partial charge in [0.1, 0.15) is 11.4 Å². The molecule has 0 spiro atoms. The zero-order chi connectivity index (χ0) is 7.47. The van der Waals surface area contributed by atoms with Gasteiger partial charge in [-0.1, -0.05) is 23.3 Å². The van der Waals surface area contributed by atoms with Gasteiger partial charge in [-0.2, -0.15) is 0 Å². The van der Waals surface area contributed by atoms with Crippen molar-refractivity contribution >= 4 is 6.08 Å². The molecule has 0 aromatic carbocycles. The molecule has 1 saturated carbocycles. The van der Waals surface area contributed by atoms with Crippen molar-refractivity contribution in [2.75, 3.05) is 0 Å². The predicted molar refractivity (Wildman–Crippen MR) is 38.8 cm³/mol. The molecule has 3 heteroatoms. The summed E-state index contributed by atoms with van der Waals surface area (Å²) in [6, 6.07) is 0. The van der Waals surface area contributed by atoms with Crippen molar-refractivity contribution in [2.45, 2.75) is 18.8 Å². The van der Waals surface area contributed by atoms with Gasteiger partial charge in [0, 0.05) is 5.41 Å². The van der Waals surface area contributed by atoms with E-state index in [1.165, 1.54) is 6.42 Å². The van der Waals surface area contributed by atoms with Crippen molar-refractivity contribution in [2.24, 2.45) is 5.92 Å². The Morgan fingerprint density at radius 1 is 1.64 bits per heavy atom. The quantitative estimate of drug-likeness (QED) is 0.557. The SMILES string of the molecule is CC12CC1C=Cc1nonc12. The van der Waals surface area contributed by atoms with E-state index in [0.717, 1.165) is 11.4 Å². The van der Waals surface area contributed by atoms with E-state index in [1.807, 2.05) is 6.08 Å². The highest BCUT2D eigenvalue weighted by atomic mass is 16.6. The van der Waals surface area contributed by atoms with Crippen LogP contribution in [0.25, 0.3) is 6.08 Å². The Labute approximate surface area is 64.1 Å². The fourth-order valence-electron chi connectivity index (χ4n) is 1.86. The van der Waals surface area contributed by atoms with E-state index in [2.05, 4.69) is 27.9 Å². The normalized spacial score (nSPS) is 38.1. The second-order valence-corrected chi connectivity index (χ2v) is 3.59.